The van der Waals surface area contributed by atoms with Crippen molar-refractivity contribution in [2.45, 2.75) is 6.18 Å². The lowest BCUT2D eigenvalue weighted by atomic mass is 10.3. The Bertz CT molecular complexity index is 676. The van der Waals surface area contributed by atoms with E-state index >= 15 is 0 Å². The maximum atomic E-state index is 12.4. The summed E-state index contributed by atoms with van der Waals surface area (Å²) in [6.45, 7) is 1.39. The molecule has 0 saturated carbocycles. The standard InChI is InChI=1S/C12H11F3N4O2S/c13-12(14,15)11-17-10(18-21-11)9-2-1-8(7-16-9)19-22-5-3-20-4-6-22/h1-2,7H,3-6H2. The summed E-state index contributed by atoms with van der Waals surface area (Å²) >= 11 is 0. The fraction of sp³-hybridized carbons (Fsp3) is 0.417. The van der Waals surface area contributed by atoms with E-state index < -0.39 is 12.1 Å². The Morgan fingerprint density at radius 1 is 1.18 bits per heavy atom. The first-order valence-electron chi connectivity index (χ1n) is 6.37. The van der Waals surface area contributed by atoms with E-state index in [-0.39, 0.29) is 22.2 Å². The van der Waals surface area contributed by atoms with Gasteiger partial charge in [-0.1, -0.05) is 15.8 Å². The smallest absolute Gasteiger partial charge is 0.380 e. The number of nitrogens with zero attached hydrogens (tertiary/aromatic N) is 4. The molecule has 1 fully saturated rings. The second kappa shape index (κ2) is 6.13. The van der Waals surface area contributed by atoms with E-state index in [4.69, 9.17) is 4.74 Å². The third-order valence-corrected chi connectivity index (χ3v) is 4.55. The summed E-state index contributed by atoms with van der Waals surface area (Å²) in [7, 11) is -0.0929. The van der Waals surface area contributed by atoms with Crippen LogP contribution in [0.3, 0.4) is 0 Å². The topological polar surface area (TPSA) is 73.4 Å². The van der Waals surface area contributed by atoms with Crippen molar-refractivity contribution in [2.75, 3.05) is 24.7 Å². The van der Waals surface area contributed by atoms with Crippen LogP contribution in [0.1, 0.15) is 5.89 Å². The van der Waals surface area contributed by atoms with Gasteiger partial charge in [-0.2, -0.15) is 18.2 Å². The molecule has 0 radical (unpaired) electrons. The molecule has 1 aliphatic rings. The highest BCUT2D eigenvalue weighted by atomic mass is 32.2. The SMILES string of the molecule is FC(F)(F)c1nc(-c2ccc(N=S3CCOCC3)cn2)no1. The fourth-order valence-electron chi connectivity index (χ4n) is 1.77. The highest BCUT2D eigenvalue weighted by Gasteiger charge is 2.38. The number of hydrogen-bond donors (Lipinski definition) is 0. The van der Waals surface area contributed by atoms with E-state index in [1.54, 1.807) is 6.07 Å². The third kappa shape index (κ3) is 3.50. The van der Waals surface area contributed by atoms with Gasteiger partial charge in [0.05, 0.1) is 25.1 Å². The van der Waals surface area contributed by atoms with Crippen molar-refractivity contribution in [2.24, 2.45) is 4.36 Å². The highest BCUT2D eigenvalue weighted by molar-refractivity contribution is 7.87. The normalized spacial score (nSPS) is 16.7. The lowest BCUT2D eigenvalue weighted by molar-refractivity contribution is -0.159. The molecule has 10 heteroatoms. The average Bonchev–Trinajstić information content (AvgIpc) is 2.99. The van der Waals surface area contributed by atoms with Crippen molar-refractivity contribution in [3.8, 4) is 11.5 Å². The molecule has 3 rings (SSSR count). The molecule has 0 N–H and O–H groups in total. The fourth-order valence-corrected chi connectivity index (χ4v) is 3.18. The van der Waals surface area contributed by atoms with E-state index in [9.17, 15) is 13.2 Å². The van der Waals surface area contributed by atoms with E-state index in [0.717, 1.165) is 11.5 Å². The summed E-state index contributed by atoms with van der Waals surface area (Å²) in [6, 6.07) is 3.20. The minimum absolute atomic E-state index is 0.0929. The van der Waals surface area contributed by atoms with Gasteiger partial charge in [0.2, 0.25) is 5.82 Å². The van der Waals surface area contributed by atoms with E-state index in [0.29, 0.717) is 18.9 Å². The van der Waals surface area contributed by atoms with Crippen molar-refractivity contribution in [1.82, 2.24) is 15.1 Å². The van der Waals surface area contributed by atoms with Crippen LogP contribution in [0, 0.1) is 0 Å². The zero-order valence-corrected chi connectivity index (χ0v) is 12.0. The van der Waals surface area contributed by atoms with Crippen LogP contribution in [-0.4, -0.2) is 39.8 Å². The Hall–Kier alpha value is -1.81. The van der Waals surface area contributed by atoms with Crippen molar-refractivity contribution in [3.63, 3.8) is 0 Å². The van der Waals surface area contributed by atoms with Crippen molar-refractivity contribution < 1.29 is 22.4 Å². The predicted octanol–water partition coefficient (Wildman–Crippen LogP) is 2.61. The van der Waals surface area contributed by atoms with Crippen LogP contribution >= 0.6 is 0 Å². The summed E-state index contributed by atoms with van der Waals surface area (Å²) in [5.41, 5.74) is 0.877. The number of hydrogen-bond acceptors (Lipinski definition) is 6. The summed E-state index contributed by atoms with van der Waals surface area (Å²) in [4.78, 5) is 7.32. The van der Waals surface area contributed by atoms with Gasteiger partial charge in [-0.3, -0.25) is 4.98 Å². The first-order valence-corrected chi connectivity index (χ1v) is 7.89. The zero-order valence-electron chi connectivity index (χ0n) is 11.2. The van der Waals surface area contributed by atoms with Gasteiger partial charge in [-0.25, -0.2) is 4.36 Å². The molecule has 1 aliphatic heterocycles. The predicted molar refractivity (Wildman–Crippen MR) is 72.5 cm³/mol. The first-order chi connectivity index (χ1) is 10.5. The van der Waals surface area contributed by atoms with Crippen LogP contribution in [0.15, 0.2) is 27.2 Å². The van der Waals surface area contributed by atoms with Crippen LogP contribution in [-0.2, 0) is 21.6 Å². The number of alkyl halides is 3. The molecule has 0 amide bonds. The molecule has 22 heavy (non-hydrogen) atoms. The van der Waals surface area contributed by atoms with Crippen molar-refractivity contribution >= 4 is 16.4 Å². The van der Waals surface area contributed by atoms with Crippen LogP contribution in [0.2, 0.25) is 0 Å². The minimum atomic E-state index is -4.66. The molecule has 0 unspecified atom stereocenters. The lowest BCUT2D eigenvalue weighted by Gasteiger charge is -2.14. The molecule has 2 aromatic heterocycles. The molecule has 3 heterocycles. The summed E-state index contributed by atoms with van der Waals surface area (Å²) in [5.74, 6) is 0.164. The van der Waals surface area contributed by atoms with Gasteiger partial charge in [0.25, 0.3) is 0 Å². The Morgan fingerprint density at radius 2 is 1.95 bits per heavy atom. The average molecular weight is 332 g/mol. The van der Waals surface area contributed by atoms with Crippen molar-refractivity contribution in [3.05, 3.63) is 24.2 Å². The second-order valence-corrected chi connectivity index (χ2v) is 6.32. The van der Waals surface area contributed by atoms with Crippen LogP contribution < -0.4 is 0 Å². The van der Waals surface area contributed by atoms with E-state index in [1.165, 1.54) is 12.3 Å². The van der Waals surface area contributed by atoms with Gasteiger partial charge >= 0.3 is 12.1 Å². The maximum Gasteiger partial charge on any atom is 0.471 e. The van der Waals surface area contributed by atoms with Crippen LogP contribution in [0.25, 0.3) is 11.5 Å². The number of aromatic nitrogens is 3. The van der Waals surface area contributed by atoms with Gasteiger partial charge in [-0.05, 0) is 12.1 Å². The monoisotopic (exact) mass is 332 g/mol. The van der Waals surface area contributed by atoms with Gasteiger partial charge in [0.1, 0.15) is 5.69 Å². The summed E-state index contributed by atoms with van der Waals surface area (Å²) in [5, 5.41) is 3.28. The summed E-state index contributed by atoms with van der Waals surface area (Å²) in [6.07, 6.45) is -3.17. The third-order valence-electron chi connectivity index (χ3n) is 2.81. The molecular weight excluding hydrogens is 321 g/mol. The Labute approximate surface area is 125 Å². The minimum Gasteiger partial charge on any atom is -0.380 e. The molecule has 2 aromatic rings. The van der Waals surface area contributed by atoms with Crippen LogP contribution in [0.5, 0.6) is 0 Å². The van der Waals surface area contributed by atoms with Crippen LogP contribution in [0.4, 0.5) is 18.9 Å². The number of rotatable bonds is 2. The van der Waals surface area contributed by atoms with Gasteiger partial charge in [-0.15, -0.1) is 0 Å². The molecule has 0 aliphatic carbocycles. The van der Waals surface area contributed by atoms with E-state index in [1.807, 2.05) is 0 Å². The van der Waals surface area contributed by atoms with Gasteiger partial charge < -0.3 is 9.26 Å². The lowest BCUT2D eigenvalue weighted by Crippen LogP contribution is -2.19. The largest absolute Gasteiger partial charge is 0.471 e. The molecule has 0 atom stereocenters. The molecule has 6 nitrogen and oxygen atoms in total. The maximum absolute atomic E-state index is 12.4. The Balaban J connectivity index is 1.78. The zero-order chi connectivity index (χ0) is 15.6. The molecule has 0 bridgehead atoms. The number of ether oxygens (including phenoxy) is 1. The molecule has 0 spiro atoms. The van der Waals surface area contributed by atoms with Gasteiger partial charge in [0.15, 0.2) is 0 Å². The Morgan fingerprint density at radius 3 is 2.55 bits per heavy atom. The van der Waals surface area contributed by atoms with E-state index in [2.05, 4.69) is 24.0 Å². The molecule has 0 aromatic carbocycles. The Kier molecular flexibility index (Phi) is 4.21. The van der Waals surface area contributed by atoms with Crippen molar-refractivity contribution in [1.29, 1.82) is 0 Å². The first kappa shape index (κ1) is 15.1. The number of pyridine rings is 1. The molecule has 118 valence electrons. The molecular formula is C12H11F3N4O2S. The molecule has 1 saturated heterocycles. The second-order valence-electron chi connectivity index (χ2n) is 4.40. The summed E-state index contributed by atoms with van der Waals surface area (Å²) < 4.78 is 51.2. The number of halogens is 3. The highest BCUT2D eigenvalue weighted by Crippen LogP contribution is 2.29. The quantitative estimate of drug-likeness (QED) is 0.845. The van der Waals surface area contributed by atoms with Gasteiger partial charge in [0, 0.05) is 11.5 Å².